The lowest BCUT2D eigenvalue weighted by Gasteiger charge is -2.43. The molecule has 1 fully saturated rings. The number of hydrogen-bond acceptors (Lipinski definition) is 7. The van der Waals surface area contributed by atoms with Crippen LogP contribution in [0.3, 0.4) is 0 Å². The van der Waals surface area contributed by atoms with E-state index in [1.54, 1.807) is 12.0 Å². The Morgan fingerprint density at radius 1 is 1.21 bits per heavy atom. The number of nitrogens with zero attached hydrogens (tertiary/aromatic N) is 5. The van der Waals surface area contributed by atoms with Crippen molar-refractivity contribution in [2.75, 3.05) is 33.4 Å². The zero-order chi connectivity index (χ0) is 28.7. The Labute approximate surface area is 231 Å². The van der Waals surface area contributed by atoms with Crippen molar-refractivity contribution in [1.29, 1.82) is 0 Å². The third kappa shape index (κ3) is 7.84. The summed E-state index contributed by atoms with van der Waals surface area (Å²) < 4.78 is 12.9. The predicted octanol–water partition coefficient (Wildman–Crippen LogP) is 3.42. The number of hydrogen-bond donors (Lipinski definition) is 2. The fraction of sp³-hybridized carbons (Fsp3) is 0.643. The van der Waals surface area contributed by atoms with Gasteiger partial charge in [0.15, 0.2) is 5.82 Å². The van der Waals surface area contributed by atoms with E-state index in [4.69, 9.17) is 26.0 Å². The van der Waals surface area contributed by atoms with Crippen LogP contribution in [0.1, 0.15) is 64.5 Å². The largest absolute Gasteiger partial charge is 0.444 e. The second-order valence-electron chi connectivity index (χ2n) is 11.7. The zero-order valence-corrected chi connectivity index (χ0v) is 24.2. The van der Waals surface area contributed by atoms with Crippen LogP contribution in [0.4, 0.5) is 4.79 Å². The number of aryl methyl sites for hydroxylation is 1. The molecular formula is C28H45N7O4. The van der Waals surface area contributed by atoms with Gasteiger partial charge in [-0.15, -0.1) is 0 Å². The van der Waals surface area contributed by atoms with E-state index in [0.717, 1.165) is 23.9 Å². The average molecular weight is 544 g/mol. The number of likely N-dealkylation sites (tertiary alicyclic amines) is 1. The number of carbonyl (C=O) groups excluding carboxylic acids is 2. The molecule has 1 aliphatic heterocycles. The van der Waals surface area contributed by atoms with Crippen molar-refractivity contribution in [2.45, 2.75) is 72.1 Å². The quantitative estimate of drug-likeness (QED) is 0.154. The molecule has 0 aliphatic carbocycles. The van der Waals surface area contributed by atoms with Gasteiger partial charge in [-0.1, -0.05) is 26.0 Å². The van der Waals surface area contributed by atoms with Crippen molar-refractivity contribution in [2.24, 2.45) is 28.5 Å². The number of methoxy groups -OCH3 is 1. The number of nitrogens with two attached hydrogens (primary N) is 2. The van der Waals surface area contributed by atoms with Crippen LogP contribution in [0, 0.1) is 11.8 Å². The summed E-state index contributed by atoms with van der Waals surface area (Å²) in [5, 5.41) is 3.72. The van der Waals surface area contributed by atoms with E-state index in [1.165, 1.54) is 0 Å². The minimum absolute atomic E-state index is 0.176. The van der Waals surface area contributed by atoms with Gasteiger partial charge in [-0.2, -0.15) is 5.10 Å². The maximum atomic E-state index is 14.3. The highest BCUT2D eigenvalue weighted by molar-refractivity contribution is 5.95. The summed E-state index contributed by atoms with van der Waals surface area (Å²) in [6.07, 6.45) is 1.79. The molecule has 3 rings (SSSR count). The molecule has 11 nitrogen and oxygen atoms in total. The van der Waals surface area contributed by atoms with E-state index in [1.807, 2.05) is 54.5 Å². The zero-order valence-electron chi connectivity index (χ0n) is 24.2. The standard InChI is InChI=1S/C28H45N7O4/c1-19(2)16-35(21-15-20(24(29)32-30)17-33(18-21)27(37)39-28(3,4)5)26(36)25-31-22-11-7-8-12-23(22)34(25)13-9-10-14-38-6/h7-8,11-12,19-21H,9-10,13-18,30H2,1-6H3,(H2,29,32). The number of carbonyl (C=O) groups is 2. The third-order valence-electron chi connectivity index (χ3n) is 6.74. The number of hydrazone groups is 1. The van der Waals surface area contributed by atoms with Crippen LogP contribution < -0.4 is 11.6 Å². The molecule has 2 unspecified atom stereocenters. The average Bonchev–Trinajstić information content (AvgIpc) is 3.26. The Balaban J connectivity index is 1.99. The van der Waals surface area contributed by atoms with Crippen molar-refractivity contribution in [1.82, 2.24) is 19.4 Å². The molecule has 2 atom stereocenters. The van der Waals surface area contributed by atoms with Crippen LogP contribution in [0.5, 0.6) is 0 Å². The Morgan fingerprint density at radius 2 is 1.92 bits per heavy atom. The number of fused-ring (bicyclic) bond motifs is 1. The highest BCUT2D eigenvalue weighted by Gasteiger charge is 2.39. The van der Waals surface area contributed by atoms with E-state index in [0.29, 0.717) is 45.0 Å². The molecule has 39 heavy (non-hydrogen) atoms. The number of amides is 2. The Kier molecular flexibility index (Phi) is 10.2. The number of piperidine rings is 1. The fourth-order valence-corrected chi connectivity index (χ4v) is 4.99. The van der Waals surface area contributed by atoms with Gasteiger partial charge in [0, 0.05) is 45.8 Å². The molecule has 1 aromatic carbocycles. The molecule has 2 amide bonds. The topological polar surface area (TPSA) is 141 Å². The van der Waals surface area contributed by atoms with E-state index < -0.39 is 11.7 Å². The molecule has 2 aromatic rings. The van der Waals surface area contributed by atoms with Gasteiger partial charge in [0.1, 0.15) is 11.4 Å². The van der Waals surface area contributed by atoms with E-state index in [-0.39, 0.29) is 29.6 Å². The van der Waals surface area contributed by atoms with Crippen molar-refractivity contribution in [3.8, 4) is 0 Å². The molecular weight excluding hydrogens is 498 g/mol. The summed E-state index contributed by atoms with van der Waals surface area (Å²) >= 11 is 0. The summed E-state index contributed by atoms with van der Waals surface area (Å²) in [5.41, 5.74) is 7.19. The second kappa shape index (κ2) is 13.1. The van der Waals surface area contributed by atoms with Crippen molar-refractivity contribution >= 4 is 28.9 Å². The molecule has 1 aromatic heterocycles. The number of benzene rings is 1. The Morgan fingerprint density at radius 3 is 2.56 bits per heavy atom. The van der Waals surface area contributed by atoms with Gasteiger partial charge >= 0.3 is 6.09 Å². The third-order valence-corrected chi connectivity index (χ3v) is 6.74. The van der Waals surface area contributed by atoms with Gasteiger partial charge in [-0.3, -0.25) is 4.79 Å². The van der Waals surface area contributed by atoms with Crippen molar-refractivity contribution < 1.29 is 19.1 Å². The first-order chi connectivity index (χ1) is 18.4. The fourth-order valence-electron chi connectivity index (χ4n) is 4.99. The van der Waals surface area contributed by atoms with Crippen LogP contribution in [0.2, 0.25) is 0 Å². The highest BCUT2D eigenvalue weighted by atomic mass is 16.6. The first kappa shape index (κ1) is 30.2. The number of aromatic nitrogens is 2. The second-order valence-corrected chi connectivity index (χ2v) is 11.7. The number of amidine groups is 1. The SMILES string of the molecule is COCCCCn1c(C(=O)N(CC(C)C)C2CC(/C(N)=N/N)CN(C(=O)OC(C)(C)C)C2)nc2ccccc21. The van der Waals surface area contributed by atoms with Gasteiger partial charge in [0.2, 0.25) is 0 Å². The normalized spacial score (nSPS) is 18.5. The molecule has 0 bridgehead atoms. The summed E-state index contributed by atoms with van der Waals surface area (Å²) in [7, 11) is 1.69. The first-order valence-electron chi connectivity index (χ1n) is 13.7. The van der Waals surface area contributed by atoms with E-state index in [2.05, 4.69) is 18.9 Å². The Hall–Kier alpha value is -3.34. The molecule has 4 N–H and O–H groups in total. The Bertz CT molecular complexity index is 1150. The minimum atomic E-state index is -0.659. The molecule has 1 saturated heterocycles. The number of unbranched alkanes of at least 4 members (excludes halogenated alkanes) is 1. The van der Waals surface area contributed by atoms with Gasteiger partial charge in [-0.05, 0) is 58.1 Å². The van der Waals surface area contributed by atoms with Crippen LogP contribution in [0.15, 0.2) is 29.4 Å². The van der Waals surface area contributed by atoms with Crippen molar-refractivity contribution in [3.05, 3.63) is 30.1 Å². The molecule has 2 heterocycles. The van der Waals surface area contributed by atoms with Crippen LogP contribution in [-0.4, -0.2) is 82.2 Å². The first-order valence-corrected chi connectivity index (χ1v) is 13.7. The summed E-state index contributed by atoms with van der Waals surface area (Å²) in [5.74, 6) is 5.87. The molecule has 0 spiro atoms. The van der Waals surface area contributed by atoms with Gasteiger partial charge < -0.3 is 35.4 Å². The maximum absolute atomic E-state index is 14.3. The molecule has 0 saturated carbocycles. The number of rotatable bonds is 10. The lowest BCUT2D eigenvalue weighted by molar-refractivity contribution is 0.00537. The molecule has 11 heteroatoms. The summed E-state index contributed by atoms with van der Waals surface area (Å²) in [4.78, 5) is 35.6. The van der Waals surface area contributed by atoms with E-state index >= 15 is 0 Å². The summed E-state index contributed by atoms with van der Waals surface area (Å²) in [6, 6.07) is 7.46. The smallest absolute Gasteiger partial charge is 0.410 e. The van der Waals surface area contributed by atoms with Crippen LogP contribution in [-0.2, 0) is 16.0 Å². The number of ether oxygens (including phenoxy) is 2. The predicted molar refractivity (Wildman–Crippen MR) is 152 cm³/mol. The maximum Gasteiger partial charge on any atom is 0.410 e. The monoisotopic (exact) mass is 543 g/mol. The van der Waals surface area contributed by atoms with Crippen LogP contribution in [0.25, 0.3) is 11.0 Å². The molecule has 216 valence electrons. The molecule has 0 radical (unpaired) electrons. The minimum Gasteiger partial charge on any atom is -0.444 e. The molecule has 1 aliphatic rings. The van der Waals surface area contributed by atoms with Gasteiger partial charge in [-0.25, -0.2) is 9.78 Å². The lowest BCUT2D eigenvalue weighted by atomic mass is 9.91. The van der Waals surface area contributed by atoms with Gasteiger partial charge in [0.25, 0.3) is 5.91 Å². The van der Waals surface area contributed by atoms with E-state index in [9.17, 15) is 9.59 Å². The van der Waals surface area contributed by atoms with Gasteiger partial charge in [0.05, 0.1) is 17.1 Å². The van der Waals surface area contributed by atoms with Crippen molar-refractivity contribution in [3.63, 3.8) is 0 Å². The summed E-state index contributed by atoms with van der Waals surface area (Å²) in [6.45, 7) is 12.0. The number of imidazole rings is 1. The highest BCUT2D eigenvalue weighted by Crippen LogP contribution is 2.27. The number of para-hydroxylation sites is 2. The lowest BCUT2D eigenvalue weighted by Crippen LogP contribution is -2.57. The van der Waals surface area contributed by atoms with Crippen LogP contribution >= 0.6 is 0 Å².